The number of aromatic nitrogens is 2. The van der Waals surface area contributed by atoms with Gasteiger partial charge in [0.2, 0.25) is 5.91 Å². The molecule has 30 heavy (non-hydrogen) atoms. The summed E-state index contributed by atoms with van der Waals surface area (Å²) in [5.41, 5.74) is 4.78. The predicted molar refractivity (Wildman–Crippen MR) is 125 cm³/mol. The highest BCUT2D eigenvalue weighted by atomic mass is 35.5. The summed E-state index contributed by atoms with van der Waals surface area (Å²) in [7, 11) is 0. The van der Waals surface area contributed by atoms with E-state index in [9.17, 15) is 4.79 Å². The van der Waals surface area contributed by atoms with Crippen LogP contribution in [-0.4, -0.2) is 21.2 Å². The summed E-state index contributed by atoms with van der Waals surface area (Å²) < 4.78 is 2.02. The molecule has 4 nitrogen and oxygen atoms in total. The minimum absolute atomic E-state index is 0.0716. The van der Waals surface area contributed by atoms with Crippen molar-refractivity contribution >= 4 is 35.0 Å². The molecule has 4 aromatic rings. The number of benzene rings is 3. The smallest absolute Gasteiger partial charge is 0.234 e. The molecule has 0 aliphatic rings. The standard InChI is InChI=1S/C24H20ClN3OS/c1-17-7-13-21(14-8-17)28-15-22(18-9-11-19(25)12-10-18)27-24(28)30-16-23(29)26-20-5-3-2-4-6-20/h2-15H,16H2,1H3,(H,26,29). The van der Waals surface area contributed by atoms with Crippen molar-refractivity contribution in [3.8, 4) is 16.9 Å². The van der Waals surface area contributed by atoms with Crippen LogP contribution >= 0.6 is 23.4 Å². The second kappa shape index (κ2) is 9.20. The number of imidazole rings is 1. The fraction of sp³-hybridized carbons (Fsp3) is 0.0833. The fourth-order valence-electron chi connectivity index (χ4n) is 2.96. The van der Waals surface area contributed by atoms with Gasteiger partial charge < -0.3 is 5.32 Å². The Bertz CT molecular complexity index is 1140. The third kappa shape index (κ3) is 4.93. The average Bonchev–Trinajstić information content (AvgIpc) is 3.18. The number of halogens is 1. The Morgan fingerprint density at radius 1 is 1.00 bits per heavy atom. The quantitative estimate of drug-likeness (QED) is 0.366. The minimum atomic E-state index is -0.0716. The van der Waals surface area contributed by atoms with Crippen molar-refractivity contribution in [2.24, 2.45) is 0 Å². The lowest BCUT2D eigenvalue weighted by Gasteiger charge is -2.08. The Labute approximate surface area is 184 Å². The molecule has 0 saturated heterocycles. The van der Waals surface area contributed by atoms with Crippen LogP contribution in [0, 0.1) is 6.92 Å². The molecule has 0 spiro atoms. The van der Waals surface area contributed by atoms with Gasteiger partial charge in [-0.3, -0.25) is 9.36 Å². The first-order valence-electron chi connectivity index (χ1n) is 9.48. The molecular weight excluding hydrogens is 414 g/mol. The molecule has 1 aromatic heterocycles. The second-order valence-electron chi connectivity index (χ2n) is 6.82. The van der Waals surface area contributed by atoms with Gasteiger partial charge in [0.15, 0.2) is 5.16 Å². The van der Waals surface area contributed by atoms with Crippen LogP contribution in [0.15, 0.2) is 90.2 Å². The molecule has 0 saturated carbocycles. The highest BCUT2D eigenvalue weighted by Gasteiger charge is 2.14. The molecule has 0 aliphatic heterocycles. The molecule has 0 atom stereocenters. The van der Waals surface area contributed by atoms with Gasteiger partial charge in [-0.15, -0.1) is 0 Å². The van der Waals surface area contributed by atoms with Gasteiger partial charge in [0.25, 0.3) is 0 Å². The van der Waals surface area contributed by atoms with Gasteiger partial charge in [0, 0.05) is 28.2 Å². The van der Waals surface area contributed by atoms with E-state index in [2.05, 4.69) is 36.5 Å². The Morgan fingerprint density at radius 2 is 1.70 bits per heavy atom. The zero-order valence-electron chi connectivity index (χ0n) is 16.4. The van der Waals surface area contributed by atoms with Crippen molar-refractivity contribution in [2.45, 2.75) is 12.1 Å². The van der Waals surface area contributed by atoms with Gasteiger partial charge in [-0.1, -0.05) is 71.4 Å². The first-order valence-corrected chi connectivity index (χ1v) is 10.8. The minimum Gasteiger partial charge on any atom is -0.325 e. The number of para-hydroxylation sites is 1. The molecule has 150 valence electrons. The predicted octanol–water partition coefficient (Wildman–Crippen LogP) is 6.23. The van der Waals surface area contributed by atoms with E-state index in [4.69, 9.17) is 16.6 Å². The lowest BCUT2D eigenvalue weighted by atomic mass is 10.2. The van der Waals surface area contributed by atoms with Crippen molar-refractivity contribution in [2.75, 3.05) is 11.1 Å². The van der Waals surface area contributed by atoms with Crippen LogP contribution in [0.25, 0.3) is 16.9 Å². The van der Waals surface area contributed by atoms with Gasteiger partial charge in [0.1, 0.15) is 0 Å². The van der Waals surface area contributed by atoms with E-state index in [0.29, 0.717) is 5.02 Å². The number of rotatable bonds is 6. The normalized spacial score (nSPS) is 10.7. The van der Waals surface area contributed by atoms with E-state index >= 15 is 0 Å². The van der Waals surface area contributed by atoms with Crippen LogP contribution in [0.5, 0.6) is 0 Å². The largest absolute Gasteiger partial charge is 0.325 e. The lowest BCUT2D eigenvalue weighted by molar-refractivity contribution is -0.113. The van der Waals surface area contributed by atoms with Gasteiger partial charge >= 0.3 is 0 Å². The number of nitrogens with one attached hydrogen (secondary N) is 1. The van der Waals surface area contributed by atoms with E-state index < -0.39 is 0 Å². The van der Waals surface area contributed by atoms with Crippen LogP contribution in [0.4, 0.5) is 5.69 Å². The Morgan fingerprint density at radius 3 is 2.40 bits per heavy atom. The van der Waals surface area contributed by atoms with Gasteiger partial charge in [-0.25, -0.2) is 4.98 Å². The number of carbonyl (C=O) groups is 1. The first-order chi connectivity index (χ1) is 14.6. The summed E-state index contributed by atoms with van der Waals surface area (Å²) in [6.07, 6.45) is 1.99. The third-order valence-electron chi connectivity index (χ3n) is 4.52. The number of nitrogens with zero attached hydrogens (tertiary/aromatic N) is 2. The zero-order valence-corrected chi connectivity index (χ0v) is 18.0. The molecule has 6 heteroatoms. The van der Waals surface area contributed by atoms with Crippen LogP contribution in [-0.2, 0) is 4.79 Å². The maximum absolute atomic E-state index is 12.4. The molecule has 1 heterocycles. The average molecular weight is 434 g/mol. The maximum atomic E-state index is 12.4. The van der Waals surface area contributed by atoms with Crippen molar-refractivity contribution in [3.63, 3.8) is 0 Å². The highest BCUT2D eigenvalue weighted by molar-refractivity contribution is 7.99. The molecule has 3 aromatic carbocycles. The summed E-state index contributed by atoms with van der Waals surface area (Å²) in [5, 5.41) is 4.35. The summed E-state index contributed by atoms with van der Waals surface area (Å²) in [6.45, 7) is 2.06. The molecule has 0 bridgehead atoms. The Kier molecular flexibility index (Phi) is 6.21. The number of hydrogen-bond acceptors (Lipinski definition) is 3. The van der Waals surface area contributed by atoms with Crippen molar-refractivity contribution in [3.05, 3.63) is 95.6 Å². The summed E-state index contributed by atoms with van der Waals surface area (Å²) in [4.78, 5) is 17.2. The van der Waals surface area contributed by atoms with Crippen LogP contribution in [0.1, 0.15) is 5.56 Å². The van der Waals surface area contributed by atoms with Gasteiger partial charge in [-0.2, -0.15) is 0 Å². The number of anilines is 1. The van der Waals surface area contributed by atoms with Gasteiger partial charge in [0.05, 0.1) is 11.4 Å². The monoisotopic (exact) mass is 433 g/mol. The van der Waals surface area contributed by atoms with Crippen LogP contribution in [0.3, 0.4) is 0 Å². The number of thioether (sulfide) groups is 1. The highest BCUT2D eigenvalue weighted by Crippen LogP contribution is 2.28. The Hall–Kier alpha value is -3.02. The van der Waals surface area contributed by atoms with Gasteiger partial charge in [-0.05, 0) is 43.3 Å². The number of amides is 1. The molecule has 1 amide bonds. The topological polar surface area (TPSA) is 46.9 Å². The molecule has 0 aliphatic carbocycles. The SMILES string of the molecule is Cc1ccc(-n2cc(-c3ccc(Cl)cc3)nc2SCC(=O)Nc2ccccc2)cc1. The molecule has 4 rings (SSSR count). The third-order valence-corrected chi connectivity index (χ3v) is 5.72. The van der Waals surface area contributed by atoms with Crippen LogP contribution in [0.2, 0.25) is 5.02 Å². The molecule has 0 radical (unpaired) electrons. The fourth-order valence-corrected chi connectivity index (χ4v) is 3.88. The Balaban J connectivity index is 1.59. The van der Waals surface area contributed by atoms with E-state index in [1.165, 1.54) is 17.3 Å². The second-order valence-corrected chi connectivity index (χ2v) is 8.20. The maximum Gasteiger partial charge on any atom is 0.234 e. The number of aryl methyl sites for hydroxylation is 1. The molecule has 1 N–H and O–H groups in total. The number of carbonyl (C=O) groups excluding carboxylic acids is 1. The van der Waals surface area contributed by atoms with Crippen LogP contribution < -0.4 is 5.32 Å². The molecular formula is C24H20ClN3OS. The lowest BCUT2D eigenvalue weighted by Crippen LogP contribution is -2.14. The molecule has 0 unspecified atom stereocenters. The van der Waals surface area contributed by atoms with Crippen molar-refractivity contribution in [1.82, 2.24) is 9.55 Å². The van der Waals surface area contributed by atoms with E-state index in [1.54, 1.807) is 0 Å². The van der Waals surface area contributed by atoms with Crippen molar-refractivity contribution in [1.29, 1.82) is 0 Å². The molecule has 0 fully saturated rings. The van der Waals surface area contributed by atoms with E-state index in [0.717, 1.165) is 27.8 Å². The number of hydrogen-bond donors (Lipinski definition) is 1. The zero-order chi connectivity index (χ0) is 20.9. The summed E-state index contributed by atoms with van der Waals surface area (Å²) in [6, 6.07) is 25.3. The van der Waals surface area contributed by atoms with E-state index in [1.807, 2.05) is 65.4 Å². The summed E-state index contributed by atoms with van der Waals surface area (Å²) in [5.74, 6) is 0.190. The van der Waals surface area contributed by atoms with Crippen molar-refractivity contribution < 1.29 is 4.79 Å². The summed E-state index contributed by atoms with van der Waals surface area (Å²) >= 11 is 7.43. The first kappa shape index (κ1) is 20.3. The van der Waals surface area contributed by atoms with E-state index in [-0.39, 0.29) is 11.7 Å².